The number of carbonyl (C=O) groups excluding carboxylic acids is 2. The fourth-order valence-corrected chi connectivity index (χ4v) is 4.66. The molecule has 0 spiro atoms. The molecule has 2 fully saturated rings. The lowest BCUT2D eigenvalue weighted by molar-refractivity contribution is -0.119. The molecule has 0 aliphatic carbocycles. The average Bonchev–Trinajstić information content (AvgIpc) is 3.26. The second-order valence-electron chi connectivity index (χ2n) is 7.61. The highest BCUT2D eigenvalue weighted by Crippen LogP contribution is 2.35. The van der Waals surface area contributed by atoms with E-state index in [-0.39, 0.29) is 17.9 Å². The van der Waals surface area contributed by atoms with Crippen molar-refractivity contribution in [2.45, 2.75) is 18.9 Å². The third kappa shape index (κ3) is 2.87. The Morgan fingerprint density at radius 1 is 1.14 bits per heavy atom. The molecule has 142 valence electrons. The standard InChI is InChI=1S/C22H20ClN3O2/c23-15-6-7-17-16(11-15)20(13-4-2-1-3-5-13)21(25-17)22(28)26-9-8-14-10-19(27)24-18(14)12-26/h1-7,11,14,18,25H,8-10,12H2,(H,24,27)/t14-,18-/m1/s1. The van der Waals surface area contributed by atoms with Gasteiger partial charge in [0.25, 0.3) is 5.91 Å². The zero-order valence-corrected chi connectivity index (χ0v) is 16.0. The molecular formula is C22H20ClN3O2. The number of aromatic amines is 1. The highest BCUT2D eigenvalue weighted by atomic mass is 35.5. The molecule has 6 heteroatoms. The molecule has 28 heavy (non-hydrogen) atoms. The van der Waals surface area contributed by atoms with Gasteiger partial charge in [0, 0.05) is 47.0 Å². The Morgan fingerprint density at radius 3 is 2.79 bits per heavy atom. The second-order valence-corrected chi connectivity index (χ2v) is 8.05. The van der Waals surface area contributed by atoms with Crippen LogP contribution in [-0.4, -0.2) is 40.8 Å². The van der Waals surface area contributed by atoms with Crippen molar-refractivity contribution in [2.24, 2.45) is 5.92 Å². The molecule has 5 rings (SSSR count). The number of amides is 2. The van der Waals surface area contributed by atoms with E-state index in [0.717, 1.165) is 28.5 Å². The van der Waals surface area contributed by atoms with Crippen molar-refractivity contribution in [3.63, 3.8) is 0 Å². The van der Waals surface area contributed by atoms with Gasteiger partial charge in [0.2, 0.25) is 5.91 Å². The number of likely N-dealkylation sites (tertiary alicyclic amines) is 1. The summed E-state index contributed by atoms with van der Waals surface area (Å²) in [4.78, 5) is 30.3. The maximum Gasteiger partial charge on any atom is 0.271 e. The maximum atomic E-state index is 13.5. The van der Waals surface area contributed by atoms with Gasteiger partial charge >= 0.3 is 0 Å². The molecule has 2 saturated heterocycles. The van der Waals surface area contributed by atoms with Crippen molar-refractivity contribution < 1.29 is 9.59 Å². The Morgan fingerprint density at radius 2 is 1.96 bits per heavy atom. The summed E-state index contributed by atoms with van der Waals surface area (Å²) in [6.45, 7) is 1.22. The number of benzene rings is 2. The predicted octanol–water partition coefficient (Wildman–Crippen LogP) is 3.84. The molecule has 5 nitrogen and oxygen atoms in total. The van der Waals surface area contributed by atoms with Crippen molar-refractivity contribution in [1.29, 1.82) is 0 Å². The molecule has 0 bridgehead atoms. The lowest BCUT2D eigenvalue weighted by Gasteiger charge is -2.34. The third-order valence-corrected chi connectivity index (χ3v) is 6.11. The van der Waals surface area contributed by atoms with Gasteiger partial charge in [0.15, 0.2) is 0 Å². The van der Waals surface area contributed by atoms with E-state index in [2.05, 4.69) is 10.3 Å². The van der Waals surface area contributed by atoms with Crippen molar-refractivity contribution in [2.75, 3.05) is 13.1 Å². The first-order valence-corrected chi connectivity index (χ1v) is 9.93. The Hall–Kier alpha value is -2.79. The van der Waals surface area contributed by atoms with Gasteiger partial charge in [-0.25, -0.2) is 0 Å². The number of hydrogen-bond donors (Lipinski definition) is 2. The molecule has 2 N–H and O–H groups in total. The zero-order valence-electron chi connectivity index (χ0n) is 15.2. The summed E-state index contributed by atoms with van der Waals surface area (Å²) >= 11 is 6.24. The Bertz CT molecular complexity index is 1080. The van der Waals surface area contributed by atoms with E-state index in [1.54, 1.807) is 0 Å². The summed E-state index contributed by atoms with van der Waals surface area (Å²) < 4.78 is 0. The van der Waals surface area contributed by atoms with Gasteiger partial charge < -0.3 is 15.2 Å². The molecule has 2 aromatic carbocycles. The molecule has 0 unspecified atom stereocenters. The number of aromatic nitrogens is 1. The van der Waals surface area contributed by atoms with Gasteiger partial charge in [-0.2, -0.15) is 0 Å². The maximum absolute atomic E-state index is 13.5. The first-order valence-electron chi connectivity index (χ1n) is 9.55. The quantitative estimate of drug-likeness (QED) is 0.694. The van der Waals surface area contributed by atoms with Gasteiger partial charge in [-0.1, -0.05) is 41.9 Å². The van der Waals surface area contributed by atoms with E-state index in [1.165, 1.54) is 0 Å². The zero-order chi connectivity index (χ0) is 19.3. The van der Waals surface area contributed by atoms with Crippen LogP contribution in [0.3, 0.4) is 0 Å². The van der Waals surface area contributed by atoms with Crippen molar-refractivity contribution in [3.05, 3.63) is 59.2 Å². The first-order chi connectivity index (χ1) is 13.6. The molecule has 0 radical (unpaired) electrons. The summed E-state index contributed by atoms with van der Waals surface area (Å²) in [5.41, 5.74) is 3.31. The van der Waals surface area contributed by atoms with Crippen molar-refractivity contribution in [1.82, 2.24) is 15.2 Å². The molecule has 2 amide bonds. The number of fused-ring (bicyclic) bond motifs is 2. The second kappa shape index (κ2) is 6.67. The molecule has 2 atom stereocenters. The SMILES string of the molecule is O=C1C[C@H]2CCN(C(=O)c3[nH]c4ccc(Cl)cc4c3-c3ccccc3)C[C@H]2N1. The van der Waals surface area contributed by atoms with Crippen LogP contribution in [-0.2, 0) is 4.79 Å². The van der Waals surface area contributed by atoms with Crippen LogP contribution in [0.2, 0.25) is 5.02 Å². The number of piperidine rings is 1. The smallest absolute Gasteiger partial charge is 0.271 e. The highest BCUT2D eigenvalue weighted by molar-refractivity contribution is 6.31. The minimum absolute atomic E-state index is 0.0363. The fourth-order valence-electron chi connectivity index (χ4n) is 4.48. The summed E-state index contributed by atoms with van der Waals surface area (Å²) in [7, 11) is 0. The monoisotopic (exact) mass is 393 g/mol. The van der Waals surface area contributed by atoms with Gasteiger partial charge in [-0.15, -0.1) is 0 Å². The van der Waals surface area contributed by atoms with Crippen LogP contribution < -0.4 is 5.32 Å². The minimum atomic E-state index is -0.0363. The average molecular weight is 394 g/mol. The minimum Gasteiger partial charge on any atom is -0.351 e. The Kier molecular flexibility index (Phi) is 4.13. The fraction of sp³-hybridized carbons (Fsp3) is 0.273. The van der Waals surface area contributed by atoms with Crippen LogP contribution in [0.15, 0.2) is 48.5 Å². The Labute approximate surface area is 167 Å². The van der Waals surface area contributed by atoms with Gasteiger partial charge in [-0.3, -0.25) is 9.59 Å². The predicted molar refractivity (Wildman–Crippen MR) is 109 cm³/mol. The largest absolute Gasteiger partial charge is 0.351 e. The van der Waals surface area contributed by atoms with Crippen LogP contribution >= 0.6 is 11.6 Å². The van der Waals surface area contributed by atoms with E-state index in [1.807, 2.05) is 53.4 Å². The summed E-state index contributed by atoms with van der Waals surface area (Å²) in [5, 5.41) is 4.58. The van der Waals surface area contributed by atoms with Crippen LogP contribution in [0, 0.1) is 5.92 Å². The number of nitrogens with zero attached hydrogens (tertiary/aromatic N) is 1. The van der Waals surface area contributed by atoms with Crippen molar-refractivity contribution >= 4 is 34.3 Å². The van der Waals surface area contributed by atoms with Crippen molar-refractivity contribution in [3.8, 4) is 11.1 Å². The van der Waals surface area contributed by atoms with E-state index in [4.69, 9.17) is 11.6 Å². The number of nitrogens with one attached hydrogen (secondary N) is 2. The summed E-state index contributed by atoms with van der Waals surface area (Å²) in [6, 6.07) is 15.6. The highest BCUT2D eigenvalue weighted by Gasteiger charge is 2.39. The molecule has 1 aromatic heterocycles. The normalized spacial score (nSPS) is 21.6. The number of carbonyl (C=O) groups is 2. The van der Waals surface area contributed by atoms with E-state index >= 15 is 0 Å². The molecular weight excluding hydrogens is 374 g/mol. The number of halogens is 1. The summed E-state index contributed by atoms with van der Waals surface area (Å²) in [6.07, 6.45) is 1.43. The van der Waals surface area contributed by atoms with Crippen LogP contribution in [0.5, 0.6) is 0 Å². The lowest BCUT2D eigenvalue weighted by atomic mass is 9.92. The van der Waals surface area contributed by atoms with Crippen LogP contribution in [0.1, 0.15) is 23.3 Å². The lowest BCUT2D eigenvalue weighted by Crippen LogP contribution is -2.49. The van der Waals surface area contributed by atoms with E-state index in [0.29, 0.717) is 36.1 Å². The van der Waals surface area contributed by atoms with E-state index < -0.39 is 0 Å². The molecule has 0 saturated carbocycles. The van der Waals surface area contributed by atoms with Gasteiger partial charge in [0.1, 0.15) is 5.69 Å². The van der Waals surface area contributed by atoms with Crippen LogP contribution in [0.25, 0.3) is 22.0 Å². The molecule has 3 heterocycles. The molecule has 3 aromatic rings. The summed E-state index contributed by atoms with van der Waals surface area (Å²) in [5.74, 6) is 0.395. The number of H-pyrrole nitrogens is 1. The number of rotatable bonds is 2. The van der Waals surface area contributed by atoms with Crippen LogP contribution in [0.4, 0.5) is 0 Å². The van der Waals surface area contributed by atoms with Gasteiger partial charge in [-0.05, 0) is 36.1 Å². The Balaban J connectivity index is 1.57. The van der Waals surface area contributed by atoms with Gasteiger partial charge in [0.05, 0.1) is 0 Å². The van der Waals surface area contributed by atoms with E-state index in [9.17, 15) is 9.59 Å². The first kappa shape index (κ1) is 17.3. The topological polar surface area (TPSA) is 65.2 Å². The number of hydrogen-bond acceptors (Lipinski definition) is 2. The molecule has 2 aliphatic rings. The third-order valence-electron chi connectivity index (χ3n) is 5.87. The molecule has 2 aliphatic heterocycles.